The summed E-state index contributed by atoms with van der Waals surface area (Å²) in [5, 5.41) is 3.45. The molecular formula is C16H25N3O2. The molecule has 5 heteroatoms. The summed E-state index contributed by atoms with van der Waals surface area (Å²) < 4.78 is 5.43. The van der Waals surface area contributed by atoms with Gasteiger partial charge in [0.05, 0.1) is 0 Å². The van der Waals surface area contributed by atoms with E-state index >= 15 is 0 Å². The van der Waals surface area contributed by atoms with Crippen molar-refractivity contribution >= 4 is 17.5 Å². The molecule has 1 atom stereocenters. The number of anilines is 2. The number of benzene rings is 1. The zero-order valence-corrected chi connectivity index (χ0v) is 13.1. The molecule has 0 radical (unpaired) electrons. The number of nitrogens with two attached hydrogens (primary N) is 1. The van der Waals surface area contributed by atoms with Gasteiger partial charge < -0.3 is 20.7 Å². The number of hydrogen-bond donors (Lipinski definition) is 2. The molecule has 1 aromatic rings. The van der Waals surface area contributed by atoms with Crippen LogP contribution in [0, 0.1) is 0 Å². The third-order valence-corrected chi connectivity index (χ3v) is 3.35. The van der Waals surface area contributed by atoms with Crippen LogP contribution >= 0.6 is 0 Å². The third kappa shape index (κ3) is 4.85. The van der Waals surface area contributed by atoms with E-state index in [4.69, 9.17) is 10.5 Å². The molecule has 0 unspecified atom stereocenters. The highest BCUT2D eigenvalue weighted by Crippen LogP contribution is 2.19. The molecule has 1 heterocycles. The van der Waals surface area contributed by atoms with Crippen LogP contribution in [0.5, 0.6) is 0 Å². The molecule has 1 aliphatic rings. The van der Waals surface area contributed by atoms with Crippen molar-refractivity contribution < 1.29 is 9.53 Å². The van der Waals surface area contributed by atoms with E-state index in [0.29, 0.717) is 6.54 Å². The smallest absolute Gasteiger partial charge is 0.410 e. The van der Waals surface area contributed by atoms with Crippen molar-refractivity contribution in [3.63, 3.8) is 0 Å². The Morgan fingerprint density at radius 1 is 1.33 bits per heavy atom. The van der Waals surface area contributed by atoms with E-state index in [1.165, 1.54) is 0 Å². The Hall–Kier alpha value is -1.91. The van der Waals surface area contributed by atoms with Crippen LogP contribution in [0.1, 0.15) is 33.6 Å². The SMILES string of the molecule is CC(C)(C)OC(=O)N1CCC[C@@H](Nc2ccc(N)cc2)C1. The number of likely N-dealkylation sites (tertiary alicyclic amines) is 1. The Morgan fingerprint density at radius 3 is 2.62 bits per heavy atom. The number of carbonyl (C=O) groups is 1. The Bertz CT molecular complexity index is 479. The molecule has 0 bridgehead atoms. The van der Waals surface area contributed by atoms with Crippen molar-refractivity contribution in [1.29, 1.82) is 0 Å². The van der Waals surface area contributed by atoms with E-state index in [9.17, 15) is 4.79 Å². The van der Waals surface area contributed by atoms with Gasteiger partial charge >= 0.3 is 6.09 Å². The number of piperidine rings is 1. The molecule has 0 aromatic heterocycles. The monoisotopic (exact) mass is 291 g/mol. The van der Waals surface area contributed by atoms with Crippen LogP contribution in [0.2, 0.25) is 0 Å². The number of nitrogens with one attached hydrogen (secondary N) is 1. The molecule has 0 spiro atoms. The van der Waals surface area contributed by atoms with E-state index in [1.807, 2.05) is 45.0 Å². The van der Waals surface area contributed by atoms with Crippen molar-refractivity contribution in [3.8, 4) is 0 Å². The molecule has 2 rings (SSSR count). The molecule has 1 amide bonds. The van der Waals surface area contributed by atoms with Crippen molar-refractivity contribution in [2.75, 3.05) is 24.1 Å². The zero-order chi connectivity index (χ0) is 15.5. The quantitative estimate of drug-likeness (QED) is 0.822. The van der Waals surface area contributed by atoms with Crippen molar-refractivity contribution in [2.45, 2.75) is 45.3 Å². The molecule has 21 heavy (non-hydrogen) atoms. The van der Waals surface area contributed by atoms with Crippen LogP contribution in [0.15, 0.2) is 24.3 Å². The number of hydrogen-bond acceptors (Lipinski definition) is 4. The van der Waals surface area contributed by atoms with E-state index in [2.05, 4.69) is 5.32 Å². The summed E-state index contributed by atoms with van der Waals surface area (Å²) in [5.74, 6) is 0. The van der Waals surface area contributed by atoms with Crippen molar-refractivity contribution in [2.24, 2.45) is 0 Å². The second-order valence-corrected chi connectivity index (χ2v) is 6.53. The molecule has 1 aliphatic heterocycles. The van der Waals surface area contributed by atoms with Gasteiger partial charge in [0, 0.05) is 30.5 Å². The van der Waals surface area contributed by atoms with Gasteiger partial charge in [-0.25, -0.2) is 4.79 Å². The van der Waals surface area contributed by atoms with Crippen LogP contribution in [0.3, 0.4) is 0 Å². The highest BCUT2D eigenvalue weighted by Gasteiger charge is 2.27. The number of ether oxygens (including phenoxy) is 1. The fourth-order valence-corrected chi connectivity index (χ4v) is 2.40. The molecule has 5 nitrogen and oxygen atoms in total. The highest BCUT2D eigenvalue weighted by atomic mass is 16.6. The van der Waals surface area contributed by atoms with E-state index in [-0.39, 0.29) is 12.1 Å². The molecule has 0 saturated carbocycles. The summed E-state index contributed by atoms with van der Waals surface area (Å²) in [6.07, 6.45) is 1.79. The van der Waals surface area contributed by atoms with Gasteiger partial charge in [-0.05, 0) is 57.9 Å². The first-order valence-corrected chi connectivity index (χ1v) is 7.43. The van der Waals surface area contributed by atoms with Crippen molar-refractivity contribution in [1.82, 2.24) is 4.90 Å². The minimum atomic E-state index is -0.450. The minimum absolute atomic E-state index is 0.230. The zero-order valence-electron chi connectivity index (χ0n) is 13.1. The molecule has 3 N–H and O–H groups in total. The standard InChI is InChI=1S/C16H25N3O2/c1-16(2,3)21-15(20)19-10-4-5-14(11-19)18-13-8-6-12(17)7-9-13/h6-9,14,18H,4-5,10-11,17H2,1-3H3/t14-/m1/s1. The van der Waals surface area contributed by atoms with Gasteiger partial charge in [-0.2, -0.15) is 0 Å². The predicted molar refractivity (Wildman–Crippen MR) is 85.3 cm³/mol. The Labute approximate surface area is 126 Å². The lowest BCUT2D eigenvalue weighted by atomic mass is 10.1. The first-order chi connectivity index (χ1) is 9.83. The van der Waals surface area contributed by atoms with Gasteiger partial charge in [0.25, 0.3) is 0 Å². The summed E-state index contributed by atoms with van der Waals surface area (Å²) in [7, 11) is 0. The average Bonchev–Trinajstić information content (AvgIpc) is 2.40. The van der Waals surface area contributed by atoms with Crippen molar-refractivity contribution in [3.05, 3.63) is 24.3 Å². The van der Waals surface area contributed by atoms with Gasteiger partial charge in [0.1, 0.15) is 5.60 Å². The topological polar surface area (TPSA) is 67.6 Å². The number of carbonyl (C=O) groups excluding carboxylic acids is 1. The first kappa shape index (κ1) is 15.5. The lowest BCUT2D eigenvalue weighted by Crippen LogP contribution is -2.46. The van der Waals surface area contributed by atoms with E-state index < -0.39 is 5.60 Å². The largest absolute Gasteiger partial charge is 0.444 e. The number of amides is 1. The highest BCUT2D eigenvalue weighted by molar-refractivity contribution is 5.68. The normalized spacial score (nSPS) is 19.2. The molecule has 1 aromatic carbocycles. The number of nitrogen functional groups attached to an aromatic ring is 1. The second-order valence-electron chi connectivity index (χ2n) is 6.53. The van der Waals surface area contributed by atoms with Gasteiger partial charge in [0.2, 0.25) is 0 Å². The lowest BCUT2D eigenvalue weighted by Gasteiger charge is -2.34. The summed E-state index contributed by atoms with van der Waals surface area (Å²) in [6, 6.07) is 7.91. The maximum atomic E-state index is 12.1. The first-order valence-electron chi connectivity index (χ1n) is 7.43. The predicted octanol–water partition coefficient (Wildman–Crippen LogP) is 3.08. The van der Waals surface area contributed by atoms with Gasteiger partial charge in [-0.15, -0.1) is 0 Å². The van der Waals surface area contributed by atoms with E-state index in [0.717, 1.165) is 30.8 Å². The maximum absolute atomic E-state index is 12.1. The summed E-state index contributed by atoms with van der Waals surface area (Å²) in [5.41, 5.74) is 7.01. The average molecular weight is 291 g/mol. The summed E-state index contributed by atoms with van der Waals surface area (Å²) in [6.45, 7) is 7.09. The fourth-order valence-electron chi connectivity index (χ4n) is 2.40. The maximum Gasteiger partial charge on any atom is 0.410 e. The Kier molecular flexibility index (Phi) is 4.60. The van der Waals surface area contributed by atoms with Gasteiger partial charge in [-0.1, -0.05) is 0 Å². The molecular weight excluding hydrogens is 266 g/mol. The fraction of sp³-hybridized carbons (Fsp3) is 0.562. The lowest BCUT2D eigenvalue weighted by molar-refractivity contribution is 0.0206. The molecule has 116 valence electrons. The molecule has 1 fully saturated rings. The Balaban J connectivity index is 1.91. The molecule has 1 saturated heterocycles. The van der Waals surface area contributed by atoms with Crippen LogP contribution < -0.4 is 11.1 Å². The third-order valence-electron chi connectivity index (χ3n) is 3.35. The molecule has 0 aliphatic carbocycles. The summed E-state index contributed by atoms with van der Waals surface area (Å²) >= 11 is 0. The number of nitrogens with zero attached hydrogens (tertiary/aromatic N) is 1. The minimum Gasteiger partial charge on any atom is -0.444 e. The van der Waals surface area contributed by atoms with Crippen LogP contribution in [0.4, 0.5) is 16.2 Å². The second kappa shape index (κ2) is 6.24. The Morgan fingerprint density at radius 2 is 2.00 bits per heavy atom. The van der Waals surface area contributed by atoms with Crippen LogP contribution in [0.25, 0.3) is 0 Å². The van der Waals surface area contributed by atoms with E-state index in [1.54, 1.807) is 4.90 Å². The van der Waals surface area contributed by atoms with Crippen LogP contribution in [-0.2, 0) is 4.74 Å². The van der Waals surface area contributed by atoms with Gasteiger partial charge in [-0.3, -0.25) is 0 Å². The van der Waals surface area contributed by atoms with Crippen LogP contribution in [-0.4, -0.2) is 35.7 Å². The summed E-state index contributed by atoms with van der Waals surface area (Å²) in [4.78, 5) is 13.9. The number of rotatable bonds is 2. The van der Waals surface area contributed by atoms with Gasteiger partial charge in [0.15, 0.2) is 0 Å².